The molecule has 0 atom stereocenters. The number of nitrogens with one attached hydrogen (secondary N) is 2. The first-order valence-corrected chi connectivity index (χ1v) is 10.2. The van der Waals surface area contributed by atoms with Crippen LogP contribution >= 0.6 is 11.6 Å². The number of hydrogen-bond donors (Lipinski definition) is 2. The lowest BCUT2D eigenvalue weighted by atomic mass is 10.1. The van der Waals surface area contributed by atoms with E-state index in [1.165, 1.54) is 12.1 Å². The first-order chi connectivity index (χ1) is 13.0. The maximum absolute atomic E-state index is 12.5. The molecule has 0 radical (unpaired) electrons. The van der Waals surface area contributed by atoms with Gasteiger partial charge < -0.3 is 5.32 Å². The molecule has 0 heterocycles. The molecule has 0 bridgehead atoms. The Hall–Kier alpha value is -2.49. The number of hydrogen-bond acceptors (Lipinski definition) is 5. The fourth-order valence-electron chi connectivity index (χ4n) is 2.44. The van der Waals surface area contributed by atoms with E-state index in [0.717, 1.165) is 5.56 Å². The van der Waals surface area contributed by atoms with Gasteiger partial charge in [0.25, 0.3) is 5.69 Å². The number of anilines is 1. The van der Waals surface area contributed by atoms with E-state index in [1.54, 1.807) is 32.0 Å². The molecule has 2 aromatic carbocycles. The van der Waals surface area contributed by atoms with Gasteiger partial charge in [0.2, 0.25) is 15.9 Å². The summed E-state index contributed by atoms with van der Waals surface area (Å²) < 4.78 is 27.2. The van der Waals surface area contributed by atoms with Crippen LogP contribution in [0, 0.1) is 30.9 Å². The highest BCUT2D eigenvalue weighted by Crippen LogP contribution is 2.27. The lowest BCUT2D eigenvalue weighted by Crippen LogP contribution is -2.28. The number of carbonyl (C=O) groups excluding carboxylic acids is 1. The third-order valence-corrected chi connectivity index (χ3v) is 5.91. The minimum atomic E-state index is -4.16. The summed E-state index contributed by atoms with van der Waals surface area (Å²) in [5.41, 5.74) is 2.07. The van der Waals surface area contributed by atoms with Gasteiger partial charge >= 0.3 is 0 Å². The molecule has 0 aliphatic carbocycles. The number of nitro groups is 1. The third kappa shape index (κ3) is 5.28. The second-order valence-corrected chi connectivity index (χ2v) is 8.48. The topological polar surface area (TPSA) is 118 Å². The Morgan fingerprint density at radius 3 is 2.39 bits per heavy atom. The molecule has 28 heavy (non-hydrogen) atoms. The van der Waals surface area contributed by atoms with Crippen molar-refractivity contribution >= 4 is 38.9 Å². The molecule has 0 saturated carbocycles. The molecular formula is C18H20ClN3O5S. The van der Waals surface area contributed by atoms with E-state index in [0.29, 0.717) is 21.8 Å². The van der Waals surface area contributed by atoms with Crippen molar-refractivity contribution in [2.24, 2.45) is 0 Å². The Balaban J connectivity index is 2.07. The third-order valence-electron chi connectivity index (χ3n) is 4.10. The van der Waals surface area contributed by atoms with Gasteiger partial charge in [-0.1, -0.05) is 17.7 Å². The number of aryl methyl sites for hydroxylation is 3. The number of benzene rings is 2. The molecule has 0 aromatic heterocycles. The largest absolute Gasteiger partial charge is 0.325 e. The molecule has 0 fully saturated rings. The van der Waals surface area contributed by atoms with Crippen LogP contribution in [-0.2, 0) is 14.8 Å². The minimum Gasteiger partial charge on any atom is -0.325 e. The quantitative estimate of drug-likeness (QED) is 0.520. The molecule has 2 aromatic rings. The number of halogens is 1. The molecule has 0 spiro atoms. The van der Waals surface area contributed by atoms with Crippen molar-refractivity contribution in [1.82, 2.24) is 4.72 Å². The van der Waals surface area contributed by atoms with Gasteiger partial charge in [0.1, 0.15) is 0 Å². The van der Waals surface area contributed by atoms with Gasteiger partial charge in [0.05, 0.1) is 15.6 Å². The molecule has 1 amide bonds. The lowest BCUT2D eigenvalue weighted by Gasteiger charge is -2.10. The van der Waals surface area contributed by atoms with Crippen molar-refractivity contribution in [3.05, 3.63) is 62.2 Å². The Labute approximate surface area is 168 Å². The first kappa shape index (κ1) is 21.8. The van der Waals surface area contributed by atoms with Gasteiger partial charge in [-0.05, 0) is 55.7 Å². The highest BCUT2D eigenvalue weighted by molar-refractivity contribution is 7.89. The van der Waals surface area contributed by atoms with Crippen molar-refractivity contribution < 1.29 is 18.1 Å². The van der Waals surface area contributed by atoms with Gasteiger partial charge in [-0.3, -0.25) is 14.9 Å². The minimum absolute atomic E-state index is 0.165. The summed E-state index contributed by atoms with van der Waals surface area (Å²) >= 11 is 6.04. The summed E-state index contributed by atoms with van der Waals surface area (Å²) in [5, 5.41) is 14.2. The maximum Gasteiger partial charge on any atom is 0.289 e. The van der Waals surface area contributed by atoms with Crippen LogP contribution < -0.4 is 10.0 Å². The summed E-state index contributed by atoms with van der Waals surface area (Å²) in [5.74, 6) is -0.442. The summed E-state index contributed by atoms with van der Waals surface area (Å²) in [4.78, 5) is 22.1. The normalized spacial score (nSPS) is 11.3. The standard InChI is InChI=1S/C18H20ClN3O5S/c1-11-4-5-15(14(19)8-11)21-18(23)6-7-20-28(26,27)17-10-13(3)12(2)9-16(17)22(24)25/h4-5,8-10,20H,6-7H2,1-3H3,(H,21,23). The highest BCUT2D eigenvalue weighted by atomic mass is 35.5. The SMILES string of the molecule is Cc1ccc(NC(=O)CCNS(=O)(=O)c2cc(C)c(C)cc2[N+](=O)[O-])c(Cl)c1. The summed E-state index contributed by atoms with van der Waals surface area (Å²) in [6, 6.07) is 7.60. The van der Waals surface area contributed by atoms with Crippen molar-refractivity contribution in [2.75, 3.05) is 11.9 Å². The lowest BCUT2D eigenvalue weighted by molar-refractivity contribution is -0.387. The zero-order chi connectivity index (χ0) is 21.1. The van der Waals surface area contributed by atoms with Crippen LogP contribution in [0.2, 0.25) is 5.02 Å². The summed E-state index contributed by atoms with van der Waals surface area (Å²) in [7, 11) is -4.16. The highest BCUT2D eigenvalue weighted by Gasteiger charge is 2.26. The number of nitro benzene ring substituents is 1. The average molecular weight is 426 g/mol. The molecule has 0 saturated heterocycles. The molecule has 10 heteroatoms. The van der Waals surface area contributed by atoms with Crippen LogP contribution in [0.1, 0.15) is 23.1 Å². The Kier molecular flexibility index (Phi) is 6.76. The van der Waals surface area contributed by atoms with Crippen LogP contribution in [-0.4, -0.2) is 25.8 Å². The van der Waals surface area contributed by atoms with Crippen molar-refractivity contribution in [1.29, 1.82) is 0 Å². The van der Waals surface area contributed by atoms with Crippen molar-refractivity contribution in [3.8, 4) is 0 Å². The number of nitrogens with zero attached hydrogens (tertiary/aromatic N) is 1. The number of carbonyl (C=O) groups is 1. The number of sulfonamides is 1. The molecule has 2 N–H and O–H groups in total. The molecule has 0 aliphatic heterocycles. The first-order valence-electron chi connectivity index (χ1n) is 8.32. The molecule has 0 unspecified atom stereocenters. The van der Waals surface area contributed by atoms with E-state index in [2.05, 4.69) is 10.0 Å². The van der Waals surface area contributed by atoms with Crippen LogP contribution in [0.4, 0.5) is 11.4 Å². The van der Waals surface area contributed by atoms with Crippen LogP contribution in [0.5, 0.6) is 0 Å². The summed E-state index contributed by atoms with van der Waals surface area (Å²) in [6.07, 6.45) is -0.165. The van der Waals surface area contributed by atoms with Crippen molar-refractivity contribution in [2.45, 2.75) is 32.1 Å². The number of amides is 1. The molecule has 8 nitrogen and oxygen atoms in total. The molecule has 2 rings (SSSR count). The van der Waals surface area contributed by atoms with Gasteiger partial charge in [0.15, 0.2) is 4.90 Å². The van der Waals surface area contributed by atoms with E-state index in [9.17, 15) is 23.3 Å². The second kappa shape index (κ2) is 8.68. The molecule has 0 aliphatic rings. The van der Waals surface area contributed by atoms with Gasteiger partial charge in [-0.25, -0.2) is 13.1 Å². The van der Waals surface area contributed by atoms with Crippen LogP contribution in [0.3, 0.4) is 0 Å². The maximum atomic E-state index is 12.5. The molecular weight excluding hydrogens is 406 g/mol. The zero-order valence-electron chi connectivity index (χ0n) is 15.6. The fraction of sp³-hybridized carbons (Fsp3) is 0.278. The average Bonchev–Trinajstić information content (AvgIpc) is 2.59. The van der Waals surface area contributed by atoms with Gasteiger partial charge in [-0.2, -0.15) is 0 Å². The number of rotatable bonds is 7. The fourth-order valence-corrected chi connectivity index (χ4v) is 3.99. The van der Waals surface area contributed by atoms with Gasteiger partial charge in [0, 0.05) is 19.0 Å². The Morgan fingerprint density at radius 2 is 1.79 bits per heavy atom. The van der Waals surface area contributed by atoms with E-state index >= 15 is 0 Å². The van der Waals surface area contributed by atoms with E-state index < -0.39 is 31.4 Å². The predicted molar refractivity (Wildman–Crippen MR) is 107 cm³/mol. The monoisotopic (exact) mass is 425 g/mol. The molecule has 150 valence electrons. The summed E-state index contributed by atoms with van der Waals surface area (Å²) in [6.45, 7) is 4.96. The van der Waals surface area contributed by atoms with Crippen LogP contribution in [0.25, 0.3) is 0 Å². The van der Waals surface area contributed by atoms with Gasteiger partial charge in [-0.15, -0.1) is 0 Å². The second-order valence-electron chi connectivity index (χ2n) is 6.34. The smallest absolute Gasteiger partial charge is 0.289 e. The van der Waals surface area contributed by atoms with Crippen molar-refractivity contribution in [3.63, 3.8) is 0 Å². The zero-order valence-corrected chi connectivity index (χ0v) is 17.1. The van der Waals surface area contributed by atoms with Crippen LogP contribution in [0.15, 0.2) is 35.2 Å². The predicted octanol–water partition coefficient (Wildman–Crippen LogP) is 3.48. The Morgan fingerprint density at radius 1 is 1.14 bits per heavy atom. The van der Waals surface area contributed by atoms with E-state index in [-0.39, 0.29) is 13.0 Å². The Bertz CT molecular complexity index is 1040. The van der Waals surface area contributed by atoms with E-state index in [4.69, 9.17) is 11.6 Å². The van der Waals surface area contributed by atoms with E-state index in [1.807, 2.05) is 6.92 Å².